The molecule has 4 aromatic rings. The van der Waals surface area contributed by atoms with Crippen molar-refractivity contribution >= 4 is 40.1 Å². The van der Waals surface area contributed by atoms with Crippen LogP contribution < -0.4 is 10.9 Å². The van der Waals surface area contributed by atoms with E-state index in [9.17, 15) is 14.4 Å². The Morgan fingerprint density at radius 1 is 0.939 bits per heavy atom. The van der Waals surface area contributed by atoms with Gasteiger partial charge in [0.05, 0.1) is 17.6 Å². The van der Waals surface area contributed by atoms with Gasteiger partial charge in [-0.25, -0.2) is 9.48 Å². The highest BCUT2D eigenvalue weighted by atomic mass is 32.2. The average molecular weight is 460 g/mol. The number of benzene rings is 3. The lowest BCUT2D eigenvalue weighted by Gasteiger charge is -2.12. The molecule has 0 bridgehead atoms. The number of thioether (sulfide) groups is 1. The van der Waals surface area contributed by atoms with Crippen molar-refractivity contribution in [2.75, 3.05) is 18.2 Å². The lowest BCUT2D eigenvalue weighted by atomic mass is 10.1. The molecule has 0 spiro atoms. The van der Waals surface area contributed by atoms with Gasteiger partial charge >= 0.3 is 5.97 Å². The van der Waals surface area contributed by atoms with Gasteiger partial charge in [-0.3, -0.25) is 9.59 Å². The summed E-state index contributed by atoms with van der Waals surface area (Å²) >= 11 is 1.50. The first-order valence-electron chi connectivity index (χ1n) is 10.2. The Morgan fingerprint density at radius 3 is 2.36 bits per heavy atom. The molecule has 0 fully saturated rings. The van der Waals surface area contributed by atoms with Gasteiger partial charge in [0, 0.05) is 10.3 Å². The SMILES string of the molecule is CSc1ccccc1NC(=O)COC(=O)c1nn(Cc2ccccc2)c(=O)c2ccccc12. The molecule has 0 saturated carbocycles. The number of hydrogen-bond acceptors (Lipinski definition) is 6. The zero-order valence-electron chi connectivity index (χ0n) is 17.9. The molecule has 1 aromatic heterocycles. The van der Waals surface area contributed by atoms with Gasteiger partial charge < -0.3 is 10.1 Å². The average Bonchev–Trinajstić information content (AvgIpc) is 2.85. The first-order valence-corrected chi connectivity index (χ1v) is 11.4. The number of para-hydroxylation sites is 1. The molecule has 7 nitrogen and oxygen atoms in total. The number of anilines is 1. The topological polar surface area (TPSA) is 90.3 Å². The Hall–Kier alpha value is -3.91. The molecule has 0 aliphatic rings. The van der Waals surface area contributed by atoms with E-state index in [2.05, 4.69) is 10.4 Å². The molecule has 1 heterocycles. The fourth-order valence-corrected chi connectivity index (χ4v) is 3.94. The van der Waals surface area contributed by atoms with E-state index >= 15 is 0 Å². The fraction of sp³-hybridized carbons (Fsp3) is 0.120. The van der Waals surface area contributed by atoms with Gasteiger partial charge in [-0.2, -0.15) is 5.10 Å². The summed E-state index contributed by atoms with van der Waals surface area (Å²) in [4.78, 5) is 39.1. The van der Waals surface area contributed by atoms with Crippen LogP contribution in [0.3, 0.4) is 0 Å². The van der Waals surface area contributed by atoms with E-state index in [4.69, 9.17) is 4.74 Å². The second-order valence-electron chi connectivity index (χ2n) is 7.17. The number of hydrogen-bond donors (Lipinski definition) is 1. The minimum Gasteiger partial charge on any atom is -0.451 e. The summed E-state index contributed by atoms with van der Waals surface area (Å²) in [5.41, 5.74) is 1.19. The minimum atomic E-state index is -0.777. The van der Waals surface area contributed by atoms with Crippen molar-refractivity contribution in [3.05, 3.63) is 100 Å². The minimum absolute atomic E-state index is 0.0153. The molecule has 1 N–H and O–H groups in total. The molecule has 1 amide bonds. The standard InChI is InChI=1S/C25H21N3O4S/c1-33-21-14-8-7-13-20(21)26-22(29)16-32-25(31)23-18-11-5-6-12-19(18)24(30)28(27-23)15-17-9-3-2-4-10-17/h2-14H,15-16H2,1H3,(H,26,29). The Balaban J connectivity index is 1.56. The van der Waals surface area contributed by atoms with E-state index in [1.165, 1.54) is 16.4 Å². The molecule has 166 valence electrons. The molecule has 33 heavy (non-hydrogen) atoms. The number of ether oxygens (including phenoxy) is 1. The van der Waals surface area contributed by atoms with Crippen molar-refractivity contribution in [1.82, 2.24) is 9.78 Å². The second-order valence-corrected chi connectivity index (χ2v) is 8.02. The van der Waals surface area contributed by atoms with Crippen LogP contribution in [-0.4, -0.2) is 34.5 Å². The van der Waals surface area contributed by atoms with E-state index in [0.717, 1.165) is 10.5 Å². The molecule has 0 radical (unpaired) electrons. The van der Waals surface area contributed by atoms with Crippen LogP contribution in [-0.2, 0) is 16.1 Å². The highest BCUT2D eigenvalue weighted by Gasteiger charge is 2.19. The van der Waals surface area contributed by atoms with Crippen LogP contribution in [0.25, 0.3) is 10.8 Å². The molecule has 4 rings (SSSR count). The molecule has 0 saturated heterocycles. The zero-order valence-corrected chi connectivity index (χ0v) is 18.7. The Labute approximate surface area is 194 Å². The van der Waals surface area contributed by atoms with Gasteiger partial charge in [-0.05, 0) is 30.0 Å². The molecular formula is C25H21N3O4S. The number of aromatic nitrogens is 2. The lowest BCUT2D eigenvalue weighted by molar-refractivity contribution is -0.119. The normalized spacial score (nSPS) is 10.7. The van der Waals surface area contributed by atoms with Crippen molar-refractivity contribution in [1.29, 1.82) is 0 Å². The van der Waals surface area contributed by atoms with E-state index in [1.807, 2.05) is 54.8 Å². The van der Waals surface area contributed by atoms with Crippen LogP contribution >= 0.6 is 11.8 Å². The van der Waals surface area contributed by atoms with Crippen LogP contribution in [0.2, 0.25) is 0 Å². The van der Waals surface area contributed by atoms with Gasteiger partial charge in [-0.1, -0.05) is 60.7 Å². The van der Waals surface area contributed by atoms with Crippen LogP contribution in [0.5, 0.6) is 0 Å². The van der Waals surface area contributed by atoms with Crippen molar-refractivity contribution in [3.63, 3.8) is 0 Å². The number of nitrogens with zero attached hydrogens (tertiary/aromatic N) is 2. The number of nitrogens with one attached hydrogen (secondary N) is 1. The highest BCUT2D eigenvalue weighted by Crippen LogP contribution is 2.24. The smallest absolute Gasteiger partial charge is 0.359 e. The van der Waals surface area contributed by atoms with Crippen LogP contribution in [0.4, 0.5) is 5.69 Å². The third-order valence-corrected chi connectivity index (χ3v) is 5.75. The van der Waals surface area contributed by atoms with Gasteiger partial charge in [-0.15, -0.1) is 11.8 Å². The van der Waals surface area contributed by atoms with Gasteiger partial charge in [0.1, 0.15) is 0 Å². The molecule has 0 aliphatic heterocycles. The Kier molecular flexibility index (Phi) is 6.85. The molecule has 0 aliphatic carbocycles. The van der Waals surface area contributed by atoms with Crippen molar-refractivity contribution in [2.45, 2.75) is 11.4 Å². The molecule has 3 aromatic carbocycles. The van der Waals surface area contributed by atoms with E-state index < -0.39 is 18.5 Å². The number of amides is 1. The quantitative estimate of drug-likeness (QED) is 0.332. The lowest BCUT2D eigenvalue weighted by Crippen LogP contribution is -2.28. The zero-order chi connectivity index (χ0) is 23.2. The van der Waals surface area contributed by atoms with Crippen molar-refractivity contribution < 1.29 is 14.3 Å². The monoisotopic (exact) mass is 459 g/mol. The molecule has 0 unspecified atom stereocenters. The first-order chi connectivity index (χ1) is 16.1. The summed E-state index contributed by atoms with van der Waals surface area (Å²) in [6.45, 7) is -0.272. The van der Waals surface area contributed by atoms with Gasteiger partial charge in [0.25, 0.3) is 11.5 Å². The fourth-order valence-electron chi connectivity index (χ4n) is 3.38. The van der Waals surface area contributed by atoms with E-state index in [-0.39, 0.29) is 17.8 Å². The maximum absolute atomic E-state index is 12.9. The van der Waals surface area contributed by atoms with Crippen LogP contribution in [0, 0.1) is 0 Å². The highest BCUT2D eigenvalue weighted by molar-refractivity contribution is 7.98. The summed E-state index contributed by atoms with van der Waals surface area (Å²) in [6, 6.07) is 23.4. The number of carbonyl (C=O) groups excluding carboxylic acids is 2. The first kappa shape index (κ1) is 22.3. The number of rotatable bonds is 7. The molecular weight excluding hydrogens is 438 g/mol. The van der Waals surface area contributed by atoms with Gasteiger partial charge in [0.15, 0.2) is 12.3 Å². The third kappa shape index (κ3) is 5.12. The van der Waals surface area contributed by atoms with Crippen molar-refractivity contribution in [2.24, 2.45) is 0 Å². The van der Waals surface area contributed by atoms with Crippen LogP contribution in [0.15, 0.2) is 88.6 Å². The summed E-state index contributed by atoms with van der Waals surface area (Å²) in [5.74, 6) is -1.24. The predicted molar refractivity (Wildman–Crippen MR) is 129 cm³/mol. The maximum atomic E-state index is 12.9. The molecule has 0 atom stereocenters. The summed E-state index contributed by atoms with van der Waals surface area (Å²) < 4.78 is 6.49. The van der Waals surface area contributed by atoms with E-state index in [0.29, 0.717) is 16.5 Å². The summed E-state index contributed by atoms with van der Waals surface area (Å²) in [5, 5.41) is 7.76. The van der Waals surface area contributed by atoms with Gasteiger partial charge in [0.2, 0.25) is 0 Å². The second kappa shape index (κ2) is 10.1. The number of esters is 1. The summed E-state index contributed by atoms with van der Waals surface area (Å²) in [6.07, 6.45) is 1.91. The Morgan fingerprint density at radius 2 is 1.61 bits per heavy atom. The van der Waals surface area contributed by atoms with Crippen LogP contribution in [0.1, 0.15) is 16.1 Å². The third-order valence-electron chi connectivity index (χ3n) is 4.95. The largest absolute Gasteiger partial charge is 0.451 e. The number of carbonyl (C=O) groups is 2. The molecule has 8 heteroatoms. The summed E-state index contributed by atoms with van der Waals surface area (Å²) in [7, 11) is 0. The predicted octanol–water partition coefficient (Wildman–Crippen LogP) is 3.96. The van der Waals surface area contributed by atoms with E-state index in [1.54, 1.807) is 30.3 Å². The van der Waals surface area contributed by atoms with Crippen molar-refractivity contribution in [3.8, 4) is 0 Å². The Bertz CT molecular complexity index is 1370. The maximum Gasteiger partial charge on any atom is 0.359 e. The number of fused-ring (bicyclic) bond motifs is 1.